The minimum Gasteiger partial charge on any atom is -0.395 e. The highest BCUT2D eigenvalue weighted by molar-refractivity contribution is 6.30. The average Bonchev–Trinajstić information content (AvgIpc) is 3.48. The minimum absolute atomic E-state index is 0.0878. The summed E-state index contributed by atoms with van der Waals surface area (Å²) in [6.45, 7) is 1.35. The molecule has 1 atom stereocenters. The van der Waals surface area contributed by atoms with Gasteiger partial charge in [-0.1, -0.05) is 17.7 Å². The van der Waals surface area contributed by atoms with Gasteiger partial charge in [-0.3, -0.25) is 4.79 Å². The van der Waals surface area contributed by atoms with Crippen molar-refractivity contribution in [2.45, 2.75) is 19.3 Å². The van der Waals surface area contributed by atoms with Crippen LogP contribution in [-0.4, -0.2) is 38.5 Å². The number of carbonyl (C=O) groups is 1. The van der Waals surface area contributed by atoms with Gasteiger partial charge in [0.1, 0.15) is 11.6 Å². The molecule has 38 heavy (non-hydrogen) atoms. The molecule has 0 bridgehead atoms. The van der Waals surface area contributed by atoms with E-state index in [1.807, 2.05) is 0 Å². The Bertz CT molecular complexity index is 1530. The minimum atomic E-state index is -3.73. The number of anilines is 2. The Labute approximate surface area is 218 Å². The van der Waals surface area contributed by atoms with Crippen LogP contribution in [-0.2, 0) is 0 Å². The van der Waals surface area contributed by atoms with Crippen LogP contribution in [0.1, 0.15) is 27.5 Å². The van der Waals surface area contributed by atoms with Gasteiger partial charge in [0.15, 0.2) is 11.5 Å². The van der Waals surface area contributed by atoms with Crippen molar-refractivity contribution >= 4 is 29.1 Å². The second kappa shape index (κ2) is 9.88. The lowest BCUT2D eigenvalue weighted by Crippen LogP contribution is -2.30. The van der Waals surface area contributed by atoms with Gasteiger partial charge in [-0.2, -0.15) is 4.98 Å². The summed E-state index contributed by atoms with van der Waals surface area (Å²) >= 11 is 5.82. The first-order valence-corrected chi connectivity index (χ1v) is 11.6. The van der Waals surface area contributed by atoms with Gasteiger partial charge in [0.25, 0.3) is 5.91 Å². The fourth-order valence-corrected chi connectivity index (χ4v) is 3.97. The molecule has 0 fully saturated rings. The highest BCUT2D eigenvalue weighted by Gasteiger charge is 2.43. The standard InChI is InChI=1S/C25H19ClF3N5O4/c1-13-10-30-24(31-16-3-5-20-21(9-16)38-25(28,29)37-20)33-22(13)34-7-6-15(11-34)23(36)32-19(12-35)14-2-4-18(27)17(26)8-14/h2-11,19,35H,12H2,1H3,(H,32,36)(H,30,31,33)/t19-/m1/s1. The Kier molecular flexibility index (Phi) is 6.59. The van der Waals surface area contributed by atoms with Crippen molar-refractivity contribution in [1.82, 2.24) is 19.9 Å². The van der Waals surface area contributed by atoms with Crippen LogP contribution in [0.4, 0.5) is 24.8 Å². The second-order valence-electron chi connectivity index (χ2n) is 8.34. The van der Waals surface area contributed by atoms with Crippen LogP contribution in [0.2, 0.25) is 5.02 Å². The molecule has 9 nitrogen and oxygen atoms in total. The number of hydrogen-bond acceptors (Lipinski definition) is 7. The lowest BCUT2D eigenvalue weighted by atomic mass is 10.1. The van der Waals surface area contributed by atoms with Gasteiger partial charge in [-0.05, 0) is 42.8 Å². The van der Waals surface area contributed by atoms with E-state index in [1.165, 1.54) is 30.3 Å². The number of aryl methyl sites for hydroxylation is 1. The van der Waals surface area contributed by atoms with Crippen molar-refractivity contribution in [3.05, 3.63) is 88.6 Å². The van der Waals surface area contributed by atoms with Gasteiger partial charge in [0.2, 0.25) is 5.95 Å². The highest BCUT2D eigenvalue weighted by atomic mass is 35.5. The fourth-order valence-electron chi connectivity index (χ4n) is 3.78. The molecule has 0 radical (unpaired) electrons. The molecule has 196 valence electrons. The molecule has 3 N–H and O–H groups in total. The molecule has 2 aromatic heterocycles. The van der Waals surface area contributed by atoms with Crippen molar-refractivity contribution in [2.24, 2.45) is 0 Å². The zero-order valence-corrected chi connectivity index (χ0v) is 20.3. The highest BCUT2D eigenvalue weighted by Crippen LogP contribution is 2.42. The summed E-state index contributed by atoms with van der Waals surface area (Å²) in [6.07, 6.45) is 1.00. The van der Waals surface area contributed by atoms with E-state index in [0.717, 1.165) is 6.07 Å². The Morgan fingerprint density at radius 1 is 1.18 bits per heavy atom. The number of nitrogens with one attached hydrogen (secondary N) is 2. The molecule has 3 heterocycles. The van der Waals surface area contributed by atoms with E-state index in [1.54, 1.807) is 36.1 Å². The van der Waals surface area contributed by atoms with Crippen molar-refractivity contribution in [2.75, 3.05) is 11.9 Å². The Hall–Kier alpha value is -4.29. The first-order valence-electron chi connectivity index (χ1n) is 11.2. The van der Waals surface area contributed by atoms with Crippen LogP contribution in [0.3, 0.4) is 0 Å². The predicted molar refractivity (Wildman–Crippen MR) is 131 cm³/mol. The third kappa shape index (κ3) is 5.22. The predicted octanol–water partition coefficient (Wildman–Crippen LogP) is 4.90. The summed E-state index contributed by atoms with van der Waals surface area (Å²) in [6, 6.07) is 8.87. The molecule has 0 saturated carbocycles. The maximum absolute atomic E-state index is 13.5. The van der Waals surface area contributed by atoms with Gasteiger partial charge in [0.05, 0.1) is 23.2 Å². The number of aromatic nitrogens is 3. The average molecular weight is 546 g/mol. The van der Waals surface area contributed by atoms with Gasteiger partial charge >= 0.3 is 6.29 Å². The molecule has 1 amide bonds. The molecule has 0 spiro atoms. The third-order valence-electron chi connectivity index (χ3n) is 5.64. The molecule has 2 aromatic carbocycles. The quantitative estimate of drug-likeness (QED) is 0.303. The van der Waals surface area contributed by atoms with Crippen molar-refractivity contribution in [3.8, 4) is 17.3 Å². The molecule has 1 aliphatic heterocycles. The van der Waals surface area contributed by atoms with E-state index in [4.69, 9.17) is 11.6 Å². The fraction of sp³-hybridized carbons (Fsp3) is 0.160. The molecular weight excluding hydrogens is 527 g/mol. The second-order valence-corrected chi connectivity index (χ2v) is 8.75. The van der Waals surface area contributed by atoms with E-state index in [0.29, 0.717) is 22.6 Å². The van der Waals surface area contributed by atoms with Crippen molar-refractivity contribution < 1.29 is 32.5 Å². The number of nitrogens with zero attached hydrogens (tertiary/aromatic N) is 3. The molecule has 13 heteroatoms. The van der Waals surface area contributed by atoms with E-state index < -0.39 is 30.7 Å². The normalized spacial score (nSPS) is 14.3. The summed E-state index contributed by atoms with van der Waals surface area (Å²) in [7, 11) is 0. The number of ether oxygens (including phenoxy) is 2. The molecular formula is C25H19ClF3N5O4. The number of rotatable bonds is 7. The number of hydrogen-bond donors (Lipinski definition) is 3. The molecule has 0 aliphatic carbocycles. The van der Waals surface area contributed by atoms with Crippen LogP contribution in [0.15, 0.2) is 61.1 Å². The van der Waals surface area contributed by atoms with Crippen LogP contribution >= 0.6 is 11.6 Å². The SMILES string of the molecule is Cc1cnc(Nc2ccc3c(c2)OC(F)(F)O3)nc1-n1ccc(C(=O)N[C@H](CO)c2ccc(F)c(Cl)c2)c1. The van der Waals surface area contributed by atoms with Gasteiger partial charge in [-0.25, -0.2) is 9.37 Å². The maximum Gasteiger partial charge on any atom is 0.586 e. The smallest absolute Gasteiger partial charge is 0.395 e. The molecule has 4 aromatic rings. The lowest BCUT2D eigenvalue weighted by Gasteiger charge is -2.17. The Morgan fingerprint density at radius 2 is 1.97 bits per heavy atom. The van der Waals surface area contributed by atoms with E-state index >= 15 is 0 Å². The number of aliphatic hydroxyl groups is 1. The van der Waals surface area contributed by atoms with Gasteiger partial charge in [-0.15, -0.1) is 8.78 Å². The number of carbonyl (C=O) groups excluding carboxylic acids is 1. The lowest BCUT2D eigenvalue weighted by molar-refractivity contribution is -0.286. The number of fused-ring (bicyclic) bond motifs is 1. The topological polar surface area (TPSA) is 111 Å². The molecule has 1 aliphatic rings. The summed E-state index contributed by atoms with van der Waals surface area (Å²) in [4.78, 5) is 21.5. The third-order valence-corrected chi connectivity index (χ3v) is 5.93. The van der Waals surface area contributed by atoms with Gasteiger partial charge in [0, 0.05) is 35.9 Å². The first kappa shape index (κ1) is 25.4. The monoisotopic (exact) mass is 545 g/mol. The number of alkyl halides is 2. The van der Waals surface area contributed by atoms with Crippen LogP contribution in [0, 0.1) is 12.7 Å². The number of halogens is 4. The van der Waals surface area contributed by atoms with E-state index in [-0.39, 0.29) is 28.0 Å². The van der Waals surface area contributed by atoms with Gasteiger partial charge < -0.3 is 29.8 Å². The first-order chi connectivity index (χ1) is 18.1. The molecule has 0 saturated heterocycles. The van der Waals surface area contributed by atoms with E-state index in [9.17, 15) is 23.1 Å². The van der Waals surface area contributed by atoms with Crippen LogP contribution < -0.4 is 20.1 Å². The van der Waals surface area contributed by atoms with Crippen LogP contribution in [0.5, 0.6) is 11.5 Å². The van der Waals surface area contributed by atoms with Crippen molar-refractivity contribution in [1.29, 1.82) is 0 Å². The molecule has 5 rings (SSSR count). The zero-order valence-electron chi connectivity index (χ0n) is 19.6. The number of amides is 1. The molecule has 0 unspecified atom stereocenters. The van der Waals surface area contributed by atoms with E-state index in [2.05, 4.69) is 30.1 Å². The number of aliphatic hydroxyl groups excluding tert-OH is 1. The Balaban J connectivity index is 1.32. The Morgan fingerprint density at radius 3 is 2.74 bits per heavy atom. The summed E-state index contributed by atoms with van der Waals surface area (Å²) in [5.74, 6) is -0.676. The number of benzene rings is 2. The summed E-state index contributed by atoms with van der Waals surface area (Å²) < 4.78 is 50.5. The zero-order chi connectivity index (χ0) is 27.0. The summed E-state index contributed by atoms with van der Waals surface area (Å²) in [5.41, 5.74) is 1.81. The summed E-state index contributed by atoms with van der Waals surface area (Å²) in [5, 5.41) is 15.2. The van der Waals surface area contributed by atoms with Crippen LogP contribution in [0.25, 0.3) is 5.82 Å². The van der Waals surface area contributed by atoms with Crippen molar-refractivity contribution in [3.63, 3.8) is 0 Å². The largest absolute Gasteiger partial charge is 0.586 e. The maximum atomic E-state index is 13.5.